The number of nitrogens with zero attached hydrogens (tertiary/aromatic N) is 2. The van der Waals surface area contributed by atoms with Crippen molar-refractivity contribution >= 4 is 27.5 Å². The molecule has 3 rings (SSSR count). The Morgan fingerprint density at radius 2 is 1.66 bits per heavy atom. The fourth-order valence-corrected chi connectivity index (χ4v) is 5.04. The van der Waals surface area contributed by atoms with Gasteiger partial charge >= 0.3 is 0 Å². The number of likely N-dealkylation sites (N-methyl/N-ethyl adjacent to an activating group) is 1. The van der Waals surface area contributed by atoms with Gasteiger partial charge in [0.2, 0.25) is 21.8 Å². The summed E-state index contributed by atoms with van der Waals surface area (Å²) in [7, 11) is -2.35. The summed E-state index contributed by atoms with van der Waals surface area (Å²) in [5.41, 5.74) is 3.02. The smallest absolute Gasteiger partial charge is 0.244 e. The molecule has 0 spiro atoms. The summed E-state index contributed by atoms with van der Waals surface area (Å²) in [6.07, 6.45) is 1.33. The summed E-state index contributed by atoms with van der Waals surface area (Å²) in [6.45, 7) is 3.84. The van der Waals surface area contributed by atoms with E-state index in [0.717, 1.165) is 27.3 Å². The van der Waals surface area contributed by atoms with Crippen LogP contribution in [-0.2, 0) is 32.6 Å². The van der Waals surface area contributed by atoms with Crippen molar-refractivity contribution in [2.24, 2.45) is 0 Å². The van der Waals surface area contributed by atoms with Crippen LogP contribution < -0.4 is 14.4 Å². The van der Waals surface area contributed by atoms with Crippen molar-refractivity contribution in [3.8, 4) is 5.75 Å². The minimum atomic E-state index is -3.84. The van der Waals surface area contributed by atoms with Crippen LogP contribution in [0.3, 0.4) is 0 Å². The van der Waals surface area contributed by atoms with Gasteiger partial charge in [0, 0.05) is 25.6 Å². The molecular formula is C29H35N3O5S. The molecule has 0 heterocycles. The Kier molecular flexibility index (Phi) is 9.90. The summed E-state index contributed by atoms with van der Waals surface area (Å²) < 4.78 is 32.0. The summed E-state index contributed by atoms with van der Waals surface area (Å²) in [5, 5.41) is 2.85. The van der Waals surface area contributed by atoms with Crippen molar-refractivity contribution < 1.29 is 22.7 Å². The third-order valence-electron chi connectivity index (χ3n) is 6.24. The first kappa shape index (κ1) is 28.7. The molecular weight excluding hydrogens is 502 g/mol. The predicted molar refractivity (Wildman–Crippen MR) is 150 cm³/mol. The number of anilines is 1. The minimum absolute atomic E-state index is 0.149. The highest BCUT2D eigenvalue weighted by Gasteiger charge is 2.33. The van der Waals surface area contributed by atoms with Crippen LogP contribution in [0, 0.1) is 6.92 Å². The average molecular weight is 538 g/mol. The molecule has 0 aliphatic heterocycles. The number of ether oxygens (including phenoxy) is 1. The lowest BCUT2D eigenvalue weighted by molar-refractivity contribution is -0.140. The van der Waals surface area contributed by atoms with Gasteiger partial charge in [0.15, 0.2) is 0 Å². The van der Waals surface area contributed by atoms with Crippen molar-refractivity contribution in [1.29, 1.82) is 0 Å². The van der Waals surface area contributed by atoms with Crippen LogP contribution in [0.15, 0.2) is 78.9 Å². The van der Waals surface area contributed by atoms with Gasteiger partial charge in [0.1, 0.15) is 18.3 Å². The third kappa shape index (κ3) is 7.58. The van der Waals surface area contributed by atoms with Crippen LogP contribution in [0.1, 0.15) is 23.6 Å². The van der Waals surface area contributed by atoms with Gasteiger partial charge in [0.05, 0.1) is 19.1 Å². The second-order valence-electron chi connectivity index (χ2n) is 9.02. The van der Waals surface area contributed by atoms with E-state index < -0.39 is 28.5 Å². The third-order valence-corrected chi connectivity index (χ3v) is 7.39. The van der Waals surface area contributed by atoms with Gasteiger partial charge in [0.25, 0.3) is 0 Å². The molecule has 0 saturated heterocycles. The van der Waals surface area contributed by atoms with Crippen LogP contribution >= 0.6 is 0 Å². The van der Waals surface area contributed by atoms with E-state index in [4.69, 9.17) is 4.74 Å². The SMILES string of the molecule is CCNC(=O)C(Cc1ccccc1)N(Cc1ccccc1C)C(=O)CN(c1cccc(OC)c1)S(C)(=O)=O. The van der Waals surface area contributed by atoms with Crippen LogP contribution in [0.4, 0.5) is 5.69 Å². The standard InChI is InChI=1S/C29H35N3O5S/c1-5-30-29(34)27(18-23-13-7-6-8-14-23)31(20-24-15-10-9-12-22(24)2)28(33)21-32(38(4,35)36)25-16-11-17-26(19-25)37-3/h6-17,19,27H,5,18,20-21H2,1-4H3,(H,30,34). The van der Waals surface area contributed by atoms with Crippen LogP contribution in [-0.4, -0.2) is 57.6 Å². The number of hydrogen-bond donors (Lipinski definition) is 1. The van der Waals surface area contributed by atoms with Gasteiger partial charge in [-0.25, -0.2) is 8.42 Å². The zero-order valence-corrected chi connectivity index (χ0v) is 23.1. The maximum Gasteiger partial charge on any atom is 0.244 e. The summed E-state index contributed by atoms with van der Waals surface area (Å²) in [5.74, 6) is -0.330. The van der Waals surface area contributed by atoms with Crippen molar-refractivity contribution in [3.63, 3.8) is 0 Å². The normalized spacial score (nSPS) is 11.9. The van der Waals surface area contributed by atoms with E-state index in [2.05, 4.69) is 5.32 Å². The molecule has 3 aromatic rings. The molecule has 3 aromatic carbocycles. The first-order valence-electron chi connectivity index (χ1n) is 12.4. The highest BCUT2D eigenvalue weighted by molar-refractivity contribution is 7.92. The highest BCUT2D eigenvalue weighted by Crippen LogP contribution is 2.24. The molecule has 1 N–H and O–H groups in total. The van der Waals surface area contributed by atoms with Crippen LogP contribution in [0.2, 0.25) is 0 Å². The number of sulfonamides is 1. The number of benzene rings is 3. The number of carbonyl (C=O) groups is 2. The number of hydrogen-bond acceptors (Lipinski definition) is 5. The molecule has 0 fully saturated rings. The topological polar surface area (TPSA) is 96.0 Å². The molecule has 38 heavy (non-hydrogen) atoms. The number of amides is 2. The van der Waals surface area contributed by atoms with E-state index in [0.29, 0.717) is 18.0 Å². The molecule has 8 nitrogen and oxygen atoms in total. The monoisotopic (exact) mass is 537 g/mol. The van der Waals surface area contributed by atoms with Crippen LogP contribution in [0.5, 0.6) is 5.75 Å². The Bertz CT molecular complexity index is 1350. The number of methoxy groups -OCH3 is 1. The van der Waals surface area contributed by atoms with E-state index in [1.165, 1.54) is 12.0 Å². The maximum atomic E-state index is 14.0. The lowest BCUT2D eigenvalue weighted by Gasteiger charge is -2.33. The second-order valence-corrected chi connectivity index (χ2v) is 10.9. The lowest BCUT2D eigenvalue weighted by Crippen LogP contribution is -2.53. The molecule has 0 bridgehead atoms. The van der Waals surface area contributed by atoms with E-state index in [9.17, 15) is 18.0 Å². The molecule has 0 saturated carbocycles. The second kappa shape index (κ2) is 13.1. The minimum Gasteiger partial charge on any atom is -0.497 e. The zero-order chi connectivity index (χ0) is 27.7. The molecule has 0 radical (unpaired) electrons. The fourth-order valence-electron chi connectivity index (χ4n) is 4.20. The molecule has 2 amide bonds. The zero-order valence-electron chi connectivity index (χ0n) is 22.3. The molecule has 0 aliphatic carbocycles. The molecule has 1 unspecified atom stereocenters. The fraction of sp³-hybridized carbons (Fsp3) is 0.310. The Morgan fingerprint density at radius 3 is 2.29 bits per heavy atom. The quantitative estimate of drug-likeness (QED) is 0.381. The van der Waals surface area contributed by atoms with Gasteiger partial charge in [-0.15, -0.1) is 0 Å². The Balaban J connectivity index is 2.05. The Labute approximate surface area is 225 Å². The van der Waals surface area contributed by atoms with Crippen LogP contribution in [0.25, 0.3) is 0 Å². The van der Waals surface area contributed by atoms with E-state index in [-0.39, 0.29) is 18.9 Å². The molecule has 0 aromatic heterocycles. The van der Waals surface area contributed by atoms with Gasteiger partial charge in [-0.05, 0) is 42.7 Å². The first-order chi connectivity index (χ1) is 18.1. The number of nitrogens with one attached hydrogen (secondary N) is 1. The number of carbonyl (C=O) groups excluding carboxylic acids is 2. The summed E-state index contributed by atoms with van der Waals surface area (Å²) in [6, 6.07) is 22.8. The largest absolute Gasteiger partial charge is 0.497 e. The average Bonchev–Trinajstić information content (AvgIpc) is 2.90. The Morgan fingerprint density at radius 1 is 0.974 bits per heavy atom. The van der Waals surface area contributed by atoms with Gasteiger partial charge < -0.3 is 15.0 Å². The number of rotatable bonds is 12. The van der Waals surface area contributed by atoms with Crippen molar-refractivity contribution in [2.45, 2.75) is 32.9 Å². The molecule has 202 valence electrons. The van der Waals surface area contributed by atoms with Gasteiger partial charge in [-0.2, -0.15) is 0 Å². The molecule has 1 atom stereocenters. The van der Waals surface area contributed by atoms with E-state index in [1.54, 1.807) is 24.3 Å². The molecule has 9 heteroatoms. The number of aryl methyl sites for hydroxylation is 1. The van der Waals surface area contributed by atoms with Gasteiger partial charge in [-0.1, -0.05) is 60.7 Å². The van der Waals surface area contributed by atoms with Crippen molar-refractivity contribution in [1.82, 2.24) is 10.2 Å². The van der Waals surface area contributed by atoms with Crippen molar-refractivity contribution in [3.05, 3.63) is 95.6 Å². The summed E-state index contributed by atoms with van der Waals surface area (Å²) in [4.78, 5) is 28.8. The summed E-state index contributed by atoms with van der Waals surface area (Å²) >= 11 is 0. The highest BCUT2D eigenvalue weighted by atomic mass is 32.2. The van der Waals surface area contributed by atoms with E-state index >= 15 is 0 Å². The lowest BCUT2D eigenvalue weighted by atomic mass is 10.0. The molecule has 0 aliphatic rings. The van der Waals surface area contributed by atoms with E-state index in [1.807, 2.05) is 68.4 Å². The maximum absolute atomic E-state index is 14.0. The van der Waals surface area contributed by atoms with Gasteiger partial charge in [-0.3, -0.25) is 13.9 Å². The predicted octanol–water partition coefficient (Wildman–Crippen LogP) is 3.55. The first-order valence-corrected chi connectivity index (χ1v) is 14.3. The van der Waals surface area contributed by atoms with Crippen molar-refractivity contribution in [2.75, 3.05) is 30.8 Å². The Hall–Kier alpha value is -3.85.